The first-order valence-electron chi connectivity index (χ1n) is 21.2. The number of carboxylic acids is 2. The largest absolute Gasteiger partial charge is 0.494 e. The molecule has 67 heavy (non-hydrogen) atoms. The molecule has 6 N–H and O–H groups in total. The maximum atomic E-state index is 13.6. The maximum absolute atomic E-state index is 13.6. The topological polar surface area (TPSA) is 253 Å². The molecule has 0 fully saturated rings. The summed E-state index contributed by atoms with van der Waals surface area (Å²) in [6.45, 7) is 7.60. The molecule has 0 bridgehead atoms. The Morgan fingerprint density at radius 2 is 0.821 bits per heavy atom. The van der Waals surface area contributed by atoms with Gasteiger partial charge in [-0.1, -0.05) is 0 Å². The van der Waals surface area contributed by atoms with Crippen LogP contribution in [0.3, 0.4) is 0 Å². The fraction of sp³-hybridized carbons (Fsp3) is 0.333. The number of carbonyl (C=O) groups excluding carboxylic acids is 2. The van der Waals surface area contributed by atoms with Crippen molar-refractivity contribution in [2.75, 3.05) is 105 Å². The van der Waals surface area contributed by atoms with Crippen LogP contribution in [0.25, 0.3) is 11.0 Å². The van der Waals surface area contributed by atoms with E-state index in [4.69, 9.17) is 54.1 Å². The third-order valence-electron chi connectivity index (χ3n) is 10.6. The molecular formula is C48H54N4O15. The minimum atomic E-state index is -1.23. The molecule has 0 aliphatic heterocycles. The maximum Gasteiger partial charge on any atom is 0.337 e. The van der Waals surface area contributed by atoms with Crippen molar-refractivity contribution in [2.24, 2.45) is 0 Å². The molecular weight excluding hydrogens is 873 g/mol. The van der Waals surface area contributed by atoms with Crippen molar-refractivity contribution in [2.45, 2.75) is 13.8 Å². The smallest absolute Gasteiger partial charge is 0.337 e. The quantitative estimate of drug-likeness (QED) is 0.0273. The van der Waals surface area contributed by atoms with Crippen molar-refractivity contribution in [1.29, 1.82) is 0 Å². The number of ketones is 2. The number of nitrogens with zero attached hydrogens (tertiary/aromatic N) is 2. The molecule has 0 radical (unpaired) electrons. The lowest BCUT2D eigenvalue weighted by Gasteiger charge is -2.10. The highest BCUT2D eigenvalue weighted by atomic mass is 16.6. The molecule has 19 nitrogen and oxygen atoms in total. The van der Waals surface area contributed by atoms with Gasteiger partial charge in [0.25, 0.3) is 0 Å². The van der Waals surface area contributed by atoms with E-state index >= 15 is 0 Å². The van der Waals surface area contributed by atoms with Crippen LogP contribution in [0.2, 0.25) is 0 Å². The summed E-state index contributed by atoms with van der Waals surface area (Å²) in [5, 5.41) is 19.0. The van der Waals surface area contributed by atoms with Gasteiger partial charge in [-0.15, -0.1) is 0 Å². The Morgan fingerprint density at radius 3 is 1.13 bits per heavy atom. The molecule has 0 spiro atoms. The SMILES string of the molecule is COc1c(C)c(C(=O)c2ccc(N)c(C(=O)O)c2)n2cc(OCCOCCOCCOCCOCCOCCOc3ccc4c(OC)c(C)c(C(=O)c5ccc(N)c(C(=O)O)c5)n4c3)ccc12. The lowest BCUT2D eigenvalue weighted by Crippen LogP contribution is -2.15. The van der Waals surface area contributed by atoms with Gasteiger partial charge in [0.05, 0.1) is 115 Å². The first-order chi connectivity index (χ1) is 32.4. The summed E-state index contributed by atoms with van der Waals surface area (Å²) in [7, 11) is 3.03. The van der Waals surface area contributed by atoms with Crippen molar-refractivity contribution in [1.82, 2.24) is 8.80 Å². The highest BCUT2D eigenvalue weighted by Gasteiger charge is 2.26. The molecule has 6 rings (SSSR count). The normalized spacial score (nSPS) is 11.3. The van der Waals surface area contributed by atoms with Gasteiger partial charge in [0.2, 0.25) is 11.6 Å². The lowest BCUT2D eigenvalue weighted by atomic mass is 10.0. The zero-order valence-corrected chi connectivity index (χ0v) is 37.7. The molecule has 0 unspecified atom stereocenters. The molecule has 2 aromatic carbocycles. The Balaban J connectivity index is 0.809. The molecule has 6 aromatic rings. The van der Waals surface area contributed by atoms with Crippen LogP contribution in [0.1, 0.15) is 63.9 Å². The standard InChI is InChI=1S/C48H54N4O15/c1-29-41(43(53)31-5-9-37(49)35(25-31)47(55)56)51-27-33(7-11-39(51)45(29)59-3)66-23-21-64-19-17-62-15-13-61-14-16-63-18-20-65-22-24-67-34-8-12-40-46(60-4)30(2)42(52(40)28-34)44(54)32-6-10-38(50)36(26-32)48(57)58/h5-12,25-28H,13-24,49-50H2,1-4H3,(H,55,56)(H,57,58). The number of fused-ring (bicyclic) bond motifs is 2. The van der Waals surface area contributed by atoms with Crippen LogP contribution in [0, 0.1) is 13.8 Å². The molecule has 0 saturated heterocycles. The molecule has 0 amide bonds. The average Bonchev–Trinajstić information content (AvgIpc) is 3.76. The van der Waals surface area contributed by atoms with Gasteiger partial charge < -0.3 is 73.1 Å². The highest BCUT2D eigenvalue weighted by molar-refractivity contribution is 6.13. The Labute approximate surface area is 385 Å². The third-order valence-corrected chi connectivity index (χ3v) is 10.6. The van der Waals surface area contributed by atoms with E-state index in [0.29, 0.717) is 123 Å². The Morgan fingerprint density at radius 1 is 0.493 bits per heavy atom. The van der Waals surface area contributed by atoms with Gasteiger partial charge in [-0.2, -0.15) is 0 Å². The number of carboxylic acid groups (broad SMARTS) is 2. The zero-order chi connectivity index (χ0) is 48.0. The number of anilines is 2. The fourth-order valence-electron chi connectivity index (χ4n) is 7.37. The van der Waals surface area contributed by atoms with Crippen LogP contribution in [0.4, 0.5) is 11.4 Å². The predicted octanol–water partition coefficient (Wildman–Crippen LogP) is 5.39. The second kappa shape index (κ2) is 23.3. The number of hydrogen-bond donors (Lipinski definition) is 4. The summed E-state index contributed by atoms with van der Waals surface area (Å²) >= 11 is 0. The lowest BCUT2D eigenvalue weighted by molar-refractivity contribution is -0.0141. The van der Waals surface area contributed by atoms with Crippen LogP contribution in [-0.2, 0) is 23.7 Å². The van der Waals surface area contributed by atoms with Gasteiger partial charge >= 0.3 is 11.9 Å². The fourth-order valence-corrected chi connectivity index (χ4v) is 7.37. The number of pyridine rings is 2. The molecule has 19 heteroatoms. The highest BCUT2D eigenvalue weighted by Crippen LogP contribution is 2.35. The van der Waals surface area contributed by atoms with E-state index in [2.05, 4.69) is 0 Å². The predicted molar refractivity (Wildman–Crippen MR) is 245 cm³/mol. The van der Waals surface area contributed by atoms with E-state index < -0.39 is 23.5 Å². The van der Waals surface area contributed by atoms with Crippen LogP contribution in [0.5, 0.6) is 23.0 Å². The number of aromatic nitrogens is 2. The summed E-state index contributed by atoms with van der Waals surface area (Å²) in [6.07, 6.45) is 3.35. The second-order valence-corrected chi connectivity index (χ2v) is 14.9. The summed E-state index contributed by atoms with van der Waals surface area (Å²) < 4.78 is 54.3. The number of nitrogens with two attached hydrogens (primary N) is 2. The van der Waals surface area contributed by atoms with Crippen molar-refractivity contribution in [3.63, 3.8) is 0 Å². The molecule has 0 saturated carbocycles. The molecule has 0 aliphatic rings. The van der Waals surface area contributed by atoms with E-state index in [-0.39, 0.29) is 46.8 Å². The molecule has 4 aromatic heterocycles. The van der Waals surface area contributed by atoms with Gasteiger partial charge in [-0.25, -0.2) is 9.59 Å². The summed E-state index contributed by atoms with van der Waals surface area (Å²) in [5.74, 6) is -1.23. The number of rotatable bonds is 28. The summed E-state index contributed by atoms with van der Waals surface area (Å²) in [5.41, 5.74) is 14.9. The number of nitrogen functional groups attached to an aromatic ring is 2. The van der Waals surface area contributed by atoms with Gasteiger partial charge in [-0.3, -0.25) is 9.59 Å². The Kier molecular flexibility index (Phi) is 17.2. The van der Waals surface area contributed by atoms with Gasteiger partial charge in [0, 0.05) is 33.6 Å². The van der Waals surface area contributed by atoms with Gasteiger partial charge in [-0.05, 0) is 74.5 Å². The van der Waals surface area contributed by atoms with E-state index in [1.807, 2.05) is 0 Å². The van der Waals surface area contributed by atoms with Crippen molar-refractivity contribution < 1.29 is 72.0 Å². The molecule has 0 atom stereocenters. The minimum Gasteiger partial charge on any atom is -0.494 e. The second-order valence-electron chi connectivity index (χ2n) is 14.9. The molecule has 0 aliphatic carbocycles. The van der Waals surface area contributed by atoms with E-state index in [9.17, 15) is 29.4 Å². The number of aromatic carboxylic acids is 2. The summed E-state index contributed by atoms with van der Waals surface area (Å²) in [6, 6.07) is 15.4. The molecule has 4 heterocycles. The molecule has 356 valence electrons. The van der Waals surface area contributed by atoms with Crippen LogP contribution < -0.4 is 30.4 Å². The average molecular weight is 927 g/mol. The third kappa shape index (κ3) is 11.8. The zero-order valence-electron chi connectivity index (χ0n) is 37.7. The number of benzene rings is 2. The number of carbonyl (C=O) groups is 4. The minimum absolute atomic E-state index is 0.0623. The number of ether oxygens (including phenoxy) is 9. The summed E-state index contributed by atoms with van der Waals surface area (Å²) in [4.78, 5) is 50.6. The van der Waals surface area contributed by atoms with Crippen LogP contribution >= 0.6 is 0 Å². The van der Waals surface area contributed by atoms with Gasteiger partial charge in [0.15, 0.2) is 0 Å². The first-order valence-corrected chi connectivity index (χ1v) is 21.2. The number of hydrogen-bond acceptors (Lipinski definition) is 15. The Bertz CT molecular complexity index is 2540. The first kappa shape index (κ1) is 49.3. The van der Waals surface area contributed by atoms with Crippen molar-refractivity contribution in [3.8, 4) is 23.0 Å². The van der Waals surface area contributed by atoms with Gasteiger partial charge in [0.1, 0.15) is 47.6 Å². The van der Waals surface area contributed by atoms with E-state index in [1.165, 1.54) is 50.6 Å². The van der Waals surface area contributed by atoms with E-state index in [0.717, 1.165) is 0 Å². The monoisotopic (exact) mass is 926 g/mol. The van der Waals surface area contributed by atoms with Crippen molar-refractivity contribution >= 4 is 45.9 Å². The van der Waals surface area contributed by atoms with Crippen molar-refractivity contribution in [3.05, 3.63) is 118 Å². The van der Waals surface area contributed by atoms with Crippen LogP contribution in [0.15, 0.2) is 73.1 Å². The van der Waals surface area contributed by atoms with E-state index in [1.54, 1.807) is 59.3 Å². The number of methoxy groups -OCH3 is 2. The Hall–Kier alpha value is -7.16. The van der Waals surface area contributed by atoms with Crippen LogP contribution in [-0.4, -0.2) is 136 Å².